The number of thiocarbonyl (C=S) groups is 1. The standard InChI is InChI=1S/C18H12Cl2N2OS/c19-15-8-6-13(10-16(15)20)17(23)22-18(24)21-14-7-5-11-3-1-2-4-12(11)9-14/h1-10H,(H2,21,22,23,24). The SMILES string of the molecule is O=C(NC(=S)Nc1ccc2ccccc2c1)c1ccc(Cl)c(Cl)c1. The molecule has 0 saturated carbocycles. The fourth-order valence-electron chi connectivity index (χ4n) is 2.24. The molecule has 3 nitrogen and oxygen atoms in total. The number of carbonyl (C=O) groups is 1. The fourth-order valence-corrected chi connectivity index (χ4v) is 2.75. The molecule has 0 aliphatic rings. The molecular formula is C18H12Cl2N2OS. The van der Waals surface area contributed by atoms with E-state index in [1.54, 1.807) is 12.1 Å². The lowest BCUT2D eigenvalue weighted by molar-refractivity contribution is 0.0978. The van der Waals surface area contributed by atoms with Crippen LogP contribution in [0, 0.1) is 0 Å². The van der Waals surface area contributed by atoms with Crippen molar-refractivity contribution in [3.63, 3.8) is 0 Å². The van der Waals surface area contributed by atoms with E-state index in [4.69, 9.17) is 35.4 Å². The summed E-state index contributed by atoms with van der Waals surface area (Å²) in [6.07, 6.45) is 0. The Balaban J connectivity index is 1.69. The van der Waals surface area contributed by atoms with Crippen LogP contribution in [0.5, 0.6) is 0 Å². The van der Waals surface area contributed by atoms with Crippen molar-refractivity contribution in [2.24, 2.45) is 0 Å². The zero-order chi connectivity index (χ0) is 17.1. The van der Waals surface area contributed by atoms with Crippen molar-refractivity contribution in [2.75, 3.05) is 5.32 Å². The second-order valence-corrected chi connectivity index (χ2v) is 6.32. The van der Waals surface area contributed by atoms with Crippen LogP contribution in [0.15, 0.2) is 60.7 Å². The number of benzene rings is 3. The van der Waals surface area contributed by atoms with Gasteiger partial charge < -0.3 is 5.32 Å². The molecule has 24 heavy (non-hydrogen) atoms. The molecule has 0 radical (unpaired) electrons. The second kappa shape index (κ2) is 7.18. The van der Waals surface area contributed by atoms with Crippen LogP contribution < -0.4 is 10.6 Å². The molecule has 0 aliphatic heterocycles. The summed E-state index contributed by atoms with van der Waals surface area (Å²) >= 11 is 17.0. The van der Waals surface area contributed by atoms with E-state index in [1.807, 2.05) is 42.5 Å². The Morgan fingerprint density at radius 3 is 2.38 bits per heavy atom. The quantitative estimate of drug-likeness (QED) is 0.600. The lowest BCUT2D eigenvalue weighted by Crippen LogP contribution is -2.34. The maximum Gasteiger partial charge on any atom is 0.257 e. The number of halogens is 2. The van der Waals surface area contributed by atoms with Gasteiger partial charge >= 0.3 is 0 Å². The molecular weight excluding hydrogens is 363 g/mol. The predicted octanol–water partition coefficient (Wildman–Crippen LogP) is 5.27. The number of amides is 1. The predicted molar refractivity (Wildman–Crippen MR) is 104 cm³/mol. The van der Waals surface area contributed by atoms with Gasteiger partial charge in [0.1, 0.15) is 0 Å². The number of anilines is 1. The second-order valence-electron chi connectivity index (χ2n) is 5.10. The maximum atomic E-state index is 12.2. The van der Waals surface area contributed by atoms with Crippen molar-refractivity contribution in [3.8, 4) is 0 Å². The van der Waals surface area contributed by atoms with Gasteiger partial charge in [-0.25, -0.2) is 0 Å². The van der Waals surface area contributed by atoms with Crippen molar-refractivity contribution in [2.45, 2.75) is 0 Å². The molecule has 1 amide bonds. The van der Waals surface area contributed by atoms with E-state index in [-0.39, 0.29) is 11.0 Å². The van der Waals surface area contributed by atoms with E-state index in [0.29, 0.717) is 15.6 Å². The van der Waals surface area contributed by atoms with Crippen LogP contribution in [0.4, 0.5) is 5.69 Å². The summed E-state index contributed by atoms with van der Waals surface area (Å²) in [6.45, 7) is 0. The lowest BCUT2D eigenvalue weighted by Gasteiger charge is -2.10. The minimum absolute atomic E-state index is 0.210. The third-order valence-corrected chi connectivity index (χ3v) is 4.36. The van der Waals surface area contributed by atoms with Crippen LogP contribution >= 0.6 is 35.4 Å². The normalized spacial score (nSPS) is 10.4. The monoisotopic (exact) mass is 374 g/mol. The number of fused-ring (bicyclic) bond motifs is 1. The molecule has 0 atom stereocenters. The topological polar surface area (TPSA) is 41.1 Å². The molecule has 3 aromatic rings. The number of rotatable bonds is 2. The molecule has 0 spiro atoms. The minimum atomic E-state index is -0.355. The van der Waals surface area contributed by atoms with Gasteiger partial charge in [-0.05, 0) is 53.3 Å². The highest BCUT2D eigenvalue weighted by molar-refractivity contribution is 7.80. The highest BCUT2D eigenvalue weighted by Crippen LogP contribution is 2.22. The van der Waals surface area contributed by atoms with Crippen molar-refractivity contribution in [1.29, 1.82) is 0 Å². The molecule has 120 valence electrons. The molecule has 6 heteroatoms. The first-order valence-corrected chi connectivity index (χ1v) is 8.25. The Bertz CT molecular complexity index is 943. The van der Waals surface area contributed by atoms with Gasteiger partial charge in [-0.3, -0.25) is 10.1 Å². The van der Waals surface area contributed by atoms with Gasteiger partial charge in [0.2, 0.25) is 0 Å². The molecule has 3 aromatic carbocycles. The summed E-state index contributed by atoms with van der Waals surface area (Å²) in [5.41, 5.74) is 1.18. The summed E-state index contributed by atoms with van der Waals surface area (Å²) in [6, 6.07) is 18.5. The minimum Gasteiger partial charge on any atom is -0.332 e. The van der Waals surface area contributed by atoms with Gasteiger partial charge in [0.05, 0.1) is 10.0 Å². The number of hydrogen-bond donors (Lipinski definition) is 2. The van der Waals surface area contributed by atoms with E-state index >= 15 is 0 Å². The average Bonchev–Trinajstić information content (AvgIpc) is 2.57. The van der Waals surface area contributed by atoms with Gasteiger partial charge in [-0.1, -0.05) is 53.5 Å². The highest BCUT2D eigenvalue weighted by atomic mass is 35.5. The molecule has 2 N–H and O–H groups in total. The zero-order valence-electron chi connectivity index (χ0n) is 12.3. The van der Waals surface area contributed by atoms with Crippen LogP contribution in [0.3, 0.4) is 0 Å². The van der Waals surface area contributed by atoms with Crippen LogP contribution in [-0.2, 0) is 0 Å². The Morgan fingerprint density at radius 1 is 0.875 bits per heavy atom. The van der Waals surface area contributed by atoms with Crippen LogP contribution in [0.2, 0.25) is 10.0 Å². The molecule has 0 fully saturated rings. The largest absolute Gasteiger partial charge is 0.332 e. The molecule has 0 unspecified atom stereocenters. The molecule has 0 saturated heterocycles. The summed E-state index contributed by atoms with van der Waals surface area (Å²) < 4.78 is 0. The molecule has 3 rings (SSSR count). The number of carbonyl (C=O) groups excluding carboxylic acids is 1. The van der Waals surface area contributed by atoms with Gasteiger partial charge in [-0.15, -0.1) is 0 Å². The Morgan fingerprint density at radius 2 is 1.62 bits per heavy atom. The Hall–Kier alpha value is -2.14. The first-order chi connectivity index (χ1) is 11.5. The average molecular weight is 375 g/mol. The first kappa shape index (κ1) is 16.7. The van der Waals surface area contributed by atoms with E-state index in [0.717, 1.165) is 16.5 Å². The fraction of sp³-hybridized carbons (Fsp3) is 0. The molecule has 0 aliphatic carbocycles. The molecule has 0 heterocycles. The summed E-state index contributed by atoms with van der Waals surface area (Å²) in [5.74, 6) is -0.355. The third kappa shape index (κ3) is 3.85. The van der Waals surface area contributed by atoms with Gasteiger partial charge in [0.15, 0.2) is 5.11 Å². The maximum absolute atomic E-state index is 12.2. The van der Waals surface area contributed by atoms with Crippen LogP contribution in [0.25, 0.3) is 10.8 Å². The Kier molecular flexibility index (Phi) is 5.00. The molecule has 0 aromatic heterocycles. The van der Waals surface area contributed by atoms with E-state index in [1.165, 1.54) is 6.07 Å². The van der Waals surface area contributed by atoms with Crippen LogP contribution in [-0.4, -0.2) is 11.0 Å². The zero-order valence-corrected chi connectivity index (χ0v) is 14.7. The van der Waals surface area contributed by atoms with Crippen molar-refractivity contribution < 1.29 is 4.79 Å². The van der Waals surface area contributed by atoms with E-state index in [2.05, 4.69) is 10.6 Å². The van der Waals surface area contributed by atoms with Gasteiger partial charge in [-0.2, -0.15) is 0 Å². The highest BCUT2D eigenvalue weighted by Gasteiger charge is 2.10. The first-order valence-electron chi connectivity index (χ1n) is 7.09. The van der Waals surface area contributed by atoms with E-state index in [9.17, 15) is 4.79 Å². The summed E-state index contributed by atoms with van der Waals surface area (Å²) in [4.78, 5) is 12.2. The Labute approximate surface area is 154 Å². The van der Waals surface area contributed by atoms with E-state index < -0.39 is 0 Å². The van der Waals surface area contributed by atoms with Gasteiger partial charge in [0, 0.05) is 11.3 Å². The van der Waals surface area contributed by atoms with Crippen molar-refractivity contribution in [1.82, 2.24) is 5.32 Å². The van der Waals surface area contributed by atoms with Gasteiger partial charge in [0.25, 0.3) is 5.91 Å². The van der Waals surface area contributed by atoms with Crippen molar-refractivity contribution in [3.05, 3.63) is 76.3 Å². The summed E-state index contributed by atoms with van der Waals surface area (Å²) in [7, 11) is 0. The number of hydrogen-bond acceptors (Lipinski definition) is 2. The number of nitrogens with one attached hydrogen (secondary N) is 2. The molecule has 0 bridgehead atoms. The summed E-state index contributed by atoms with van der Waals surface area (Å²) in [5, 5.41) is 8.76. The van der Waals surface area contributed by atoms with Crippen LogP contribution in [0.1, 0.15) is 10.4 Å². The lowest BCUT2D eigenvalue weighted by atomic mass is 10.1. The third-order valence-electron chi connectivity index (χ3n) is 3.42. The van der Waals surface area contributed by atoms with Crippen molar-refractivity contribution >= 4 is 62.9 Å². The smallest absolute Gasteiger partial charge is 0.257 e.